The maximum absolute atomic E-state index is 13.9. The minimum atomic E-state index is -1.56. The van der Waals surface area contributed by atoms with Crippen LogP contribution in [0.25, 0.3) is 0 Å². The zero-order valence-corrected chi connectivity index (χ0v) is 27.2. The second-order valence-corrected chi connectivity index (χ2v) is 16.5. The number of ketones is 1. The Balaban J connectivity index is 1.35. The van der Waals surface area contributed by atoms with E-state index in [-0.39, 0.29) is 60.8 Å². The van der Waals surface area contributed by atoms with Crippen molar-refractivity contribution in [2.24, 2.45) is 34.5 Å². The van der Waals surface area contributed by atoms with Crippen LogP contribution in [0.3, 0.4) is 0 Å². The van der Waals surface area contributed by atoms with Crippen LogP contribution in [0.2, 0.25) is 0 Å². The Hall–Kier alpha value is -0.870. The van der Waals surface area contributed by atoms with Gasteiger partial charge < -0.3 is 34.3 Å². The Morgan fingerprint density at radius 3 is 2.12 bits per heavy atom. The molecule has 8 nitrogen and oxygen atoms in total. The van der Waals surface area contributed by atoms with Crippen molar-refractivity contribution in [1.82, 2.24) is 0 Å². The monoisotopic (exact) mass is 590 g/mol. The van der Waals surface area contributed by atoms with Crippen LogP contribution >= 0.6 is 0 Å². The molecular weight excluding hydrogens is 536 g/mol. The molecule has 0 aromatic carbocycles. The lowest BCUT2D eigenvalue weighted by Gasteiger charge is -2.62. The van der Waals surface area contributed by atoms with Gasteiger partial charge in [-0.15, -0.1) is 0 Å². The number of aliphatic hydroxyl groups is 3. The third kappa shape index (κ3) is 4.08. The number of aliphatic hydroxyl groups excluding tert-OH is 1. The van der Waals surface area contributed by atoms with E-state index >= 15 is 0 Å². The summed E-state index contributed by atoms with van der Waals surface area (Å²) in [6.07, 6.45) is 5.14. The number of ether oxygens (including phenoxy) is 4. The largest absolute Gasteiger partial charge is 0.396 e. The number of hydrogen-bond donors (Lipinski definition) is 3. The zero-order valence-electron chi connectivity index (χ0n) is 27.2. The van der Waals surface area contributed by atoms with Gasteiger partial charge in [0.2, 0.25) is 0 Å². The van der Waals surface area contributed by atoms with Crippen molar-refractivity contribution < 1.29 is 39.1 Å². The van der Waals surface area contributed by atoms with Crippen LogP contribution in [0, 0.1) is 34.5 Å². The molecule has 5 fully saturated rings. The van der Waals surface area contributed by atoms with E-state index in [2.05, 4.69) is 27.7 Å². The number of carbonyl (C=O) groups excluding carboxylic acids is 1. The summed E-state index contributed by atoms with van der Waals surface area (Å²) < 4.78 is 25.8. The van der Waals surface area contributed by atoms with E-state index in [9.17, 15) is 20.1 Å². The van der Waals surface area contributed by atoms with Crippen LogP contribution in [-0.2, 0) is 23.7 Å². The Morgan fingerprint density at radius 1 is 0.833 bits per heavy atom. The van der Waals surface area contributed by atoms with Crippen LogP contribution in [-0.4, -0.2) is 74.4 Å². The highest BCUT2D eigenvalue weighted by molar-refractivity contribution is 6.00. The third-order valence-corrected chi connectivity index (χ3v) is 13.2. The van der Waals surface area contributed by atoms with Crippen molar-refractivity contribution in [2.75, 3.05) is 6.61 Å². The van der Waals surface area contributed by atoms with Gasteiger partial charge in [-0.2, -0.15) is 0 Å². The fourth-order valence-corrected chi connectivity index (χ4v) is 10.6. The van der Waals surface area contributed by atoms with Gasteiger partial charge in [0.25, 0.3) is 0 Å². The molecule has 6 aliphatic rings. The Morgan fingerprint density at radius 2 is 1.48 bits per heavy atom. The lowest BCUT2D eigenvalue weighted by molar-refractivity contribution is -0.204. The van der Waals surface area contributed by atoms with E-state index in [1.165, 1.54) is 0 Å². The Kier molecular flexibility index (Phi) is 6.92. The standard InChI is InChI=1S/C34H54O8/c1-19(20(2)18-35)14-27-32(9,42-29(5,6)41-27)25-11-13-33(37)22-15-26(36)34(38)17-24-23(39-28(3,4)40-24)16-31(34,8)21(22)10-12-30(25,33)7/h15,19-21,23-25,27,35,37-38H,10-14,16-18H2,1-9H3/t19?,20?,21-,23-,24+,25-,27+,30+,31+,32-,33+,34+/m0/s1. The zero-order chi connectivity index (χ0) is 30.9. The van der Waals surface area contributed by atoms with E-state index in [0.29, 0.717) is 12.8 Å². The average Bonchev–Trinajstić information content (AvgIpc) is 3.41. The molecule has 2 saturated heterocycles. The van der Waals surface area contributed by atoms with E-state index in [1.807, 2.05) is 34.6 Å². The predicted molar refractivity (Wildman–Crippen MR) is 156 cm³/mol. The van der Waals surface area contributed by atoms with Gasteiger partial charge in [0.1, 0.15) is 5.60 Å². The summed E-state index contributed by atoms with van der Waals surface area (Å²) in [5.74, 6) is -1.62. The van der Waals surface area contributed by atoms with Crippen molar-refractivity contribution >= 4 is 5.78 Å². The molecule has 2 unspecified atom stereocenters. The highest BCUT2D eigenvalue weighted by Gasteiger charge is 2.74. The van der Waals surface area contributed by atoms with Crippen molar-refractivity contribution in [3.8, 4) is 0 Å². The first-order valence-electron chi connectivity index (χ1n) is 16.3. The van der Waals surface area contributed by atoms with Crippen LogP contribution < -0.4 is 0 Å². The summed E-state index contributed by atoms with van der Waals surface area (Å²) in [7, 11) is 0. The minimum Gasteiger partial charge on any atom is -0.396 e. The highest BCUT2D eigenvalue weighted by Crippen LogP contribution is 2.71. The van der Waals surface area contributed by atoms with Gasteiger partial charge >= 0.3 is 0 Å². The lowest BCUT2D eigenvalue weighted by Crippen LogP contribution is -2.68. The molecule has 0 amide bonds. The van der Waals surface area contributed by atoms with Crippen LogP contribution in [0.4, 0.5) is 0 Å². The van der Waals surface area contributed by atoms with Crippen molar-refractivity contribution in [3.63, 3.8) is 0 Å². The predicted octanol–water partition coefficient (Wildman–Crippen LogP) is 4.67. The molecule has 0 spiro atoms. The minimum absolute atomic E-state index is 0.00734. The summed E-state index contributed by atoms with van der Waals surface area (Å²) in [6.45, 7) is 18.4. The van der Waals surface area contributed by atoms with E-state index in [0.717, 1.165) is 31.3 Å². The first kappa shape index (κ1) is 31.1. The first-order valence-corrected chi connectivity index (χ1v) is 16.3. The molecule has 2 aliphatic heterocycles. The van der Waals surface area contributed by atoms with Gasteiger partial charge in [0.15, 0.2) is 17.4 Å². The fraction of sp³-hybridized carbons (Fsp3) is 0.912. The third-order valence-electron chi connectivity index (χ3n) is 13.2. The first-order chi connectivity index (χ1) is 19.3. The van der Waals surface area contributed by atoms with Gasteiger partial charge in [-0.05, 0) is 108 Å². The maximum Gasteiger partial charge on any atom is 0.187 e. The van der Waals surface area contributed by atoms with Crippen LogP contribution in [0.15, 0.2) is 11.6 Å². The highest BCUT2D eigenvalue weighted by atomic mass is 16.8. The molecule has 0 aromatic heterocycles. The van der Waals surface area contributed by atoms with Crippen molar-refractivity contribution in [1.29, 1.82) is 0 Å². The van der Waals surface area contributed by atoms with Gasteiger partial charge in [-0.1, -0.05) is 27.7 Å². The van der Waals surface area contributed by atoms with E-state index < -0.39 is 39.2 Å². The topological polar surface area (TPSA) is 115 Å². The maximum atomic E-state index is 13.9. The van der Waals surface area contributed by atoms with Crippen LogP contribution in [0.5, 0.6) is 0 Å². The number of hydrogen-bond acceptors (Lipinski definition) is 8. The molecule has 3 N–H and O–H groups in total. The summed E-state index contributed by atoms with van der Waals surface area (Å²) in [5, 5.41) is 34.7. The molecule has 4 aliphatic carbocycles. The lowest BCUT2D eigenvalue weighted by atomic mass is 9.44. The molecule has 12 atom stereocenters. The SMILES string of the molecule is CC(CO)C(C)C[C@H]1OC(C)(C)O[C@@]1(C)[C@H]1CC[C@@]2(O)C3=CC(=O)[C@]4(O)C[C@H]5OC(C)(C)O[C@H]5C[C@]4(C)[C@H]3CC[C@]12C. The van der Waals surface area contributed by atoms with E-state index in [4.69, 9.17) is 18.9 Å². The summed E-state index contributed by atoms with van der Waals surface area (Å²) >= 11 is 0. The number of fused-ring (bicyclic) bond motifs is 6. The molecule has 0 aromatic rings. The molecule has 2 heterocycles. The van der Waals surface area contributed by atoms with Gasteiger partial charge in [0, 0.05) is 23.9 Å². The van der Waals surface area contributed by atoms with Crippen molar-refractivity contribution in [3.05, 3.63) is 11.6 Å². The second-order valence-electron chi connectivity index (χ2n) is 16.5. The smallest absolute Gasteiger partial charge is 0.187 e. The molecule has 238 valence electrons. The molecule has 0 radical (unpaired) electrons. The van der Waals surface area contributed by atoms with Gasteiger partial charge in [0.05, 0.1) is 29.5 Å². The van der Waals surface area contributed by atoms with Gasteiger partial charge in [-0.3, -0.25) is 4.79 Å². The van der Waals surface area contributed by atoms with Crippen molar-refractivity contribution in [2.45, 2.75) is 154 Å². The Bertz CT molecular complexity index is 1160. The second kappa shape index (κ2) is 9.34. The van der Waals surface area contributed by atoms with Gasteiger partial charge in [-0.25, -0.2) is 0 Å². The summed E-state index contributed by atoms with van der Waals surface area (Å²) in [6, 6.07) is 0. The summed E-state index contributed by atoms with van der Waals surface area (Å²) in [5.41, 5.74) is -3.94. The average molecular weight is 591 g/mol. The molecule has 0 bridgehead atoms. The fourth-order valence-electron chi connectivity index (χ4n) is 10.6. The number of rotatable bonds is 5. The Labute approximate surface area is 251 Å². The molecular formula is C34H54O8. The molecule has 42 heavy (non-hydrogen) atoms. The normalized spacial score (nSPS) is 52.1. The van der Waals surface area contributed by atoms with Crippen LogP contribution in [0.1, 0.15) is 107 Å². The number of carbonyl (C=O) groups is 1. The summed E-state index contributed by atoms with van der Waals surface area (Å²) in [4.78, 5) is 13.9. The molecule has 6 rings (SSSR count). The quantitative estimate of drug-likeness (QED) is 0.423. The molecule has 8 heteroatoms. The van der Waals surface area contributed by atoms with E-state index in [1.54, 1.807) is 6.08 Å². The molecule has 3 saturated carbocycles.